The molecule has 0 aliphatic rings. The number of benzene rings is 1. The average molecular weight is 302 g/mol. The Morgan fingerprint density at radius 2 is 1.95 bits per heavy atom. The van der Waals surface area contributed by atoms with Crippen molar-refractivity contribution in [3.8, 4) is 5.69 Å². The predicted molar refractivity (Wildman–Crippen MR) is 83.8 cm³/mol. The van der Waals surface area contributed by atoms with Crippen molar-refractivity contribution in [1.82, 2.24) is 30.8 Å². The first-order valence-corrected chi connectivity index (χ1v) is 7.17. The fourth-order valence-corrected chi connectivity index (χ4v) is 1.92. The first-order chi connectivity index (χ1) is 10.3. The number of carbonyl (C=O) groups is 1. The zero-order chi connectivity index (χ0) is 16.3. The quantitative estimate of drug-likeness (QED) is 0.906. The van der Waals surface area contributed by atoms with Gasteiger partial charge in [0.05, 0.1) is 12.2 Å². The molecule has 2 rings (SSSR count). The highest BCUT2D eigenvalue weighted by molar-refractivity contribution is 5.74. The third-order valence-electron chi connectivity index (χ3n) is 3.16. The molecular formula is C15H22N6O. The van der Waals surface area contributed by atoms with Gasteiger partial charge in [0.2, 0.25) is 0 Å². The fraction of sp³-hybridized carbons (Fsp3) is 0.467. The smallest absolute Gasteiger partial charge is 0.315 e. The number of hydrogen-bond donors (Lipinski definition) is 2. The van der Waals surface area contributed by atoms with Gasteiger partial charge in [-0.15, -0.1) is 5.10 Å². The van der Waals surface area contributed by atoms with Crippen molar-refractivity contribution < 1.29 is 4.79 Å². The number of amides is 2. The number of urea groups is 1. The highest BCUT2D eigenvalue weighted by atomic mass is 16.2. The van der Waals surface area contributed by atoms with Gasteiger partial charge >= 0.3 is 6.03 Å². The molecule has 0 fully saturated rings. The number of carbonyl (C=O) groups excluding carboxylic acids is 1. The van der Waals surface area contributed by atoms with Crippen LogP contribution in [0.1, 0.15) is 37.7 Å². The SMILES string of the molecule is Cc1ccc(-n2nnnc2CNC(=O)NC(C)(C)C)cc1C. The second-order valence-electron chi connectivity index (χ2n) is 6.33. The number of aryl methyl sites for hydroxylation is 2. The average Bonchev–Trinajstić information content (AvgIpc) is 2.86. The summed E-state index contributed by atoms with van der Waals surface area (Å²) in [5.41, 5.74) is 2.96. The van der Waals surface area contributed by atoms with Crippen LogP contribution < -0.4 is 10.6 Å². The zero-order valence-corrected chi connectivity index (χ0v) is 13.6. The summed E-state index contributed by atoms with van der Waals surface area (Å²) in [5.74, 6) is 0.576. The summed E-state index contributed by atoms with van der Waals surface area (Å²) in [7, 11) is 0. The molecule has 0 bridgehead atoms. The van der Waals surface area contributed by atoms with E-state index >= 15 is 0 Å². The van der Waals surface area contributed by atoms with Crippen LogP contribution in [0.3, 0.4) is 0 Å². The first kappa shape index (κ1) is 15.9. The lowest BCUT2D eigenvalue weighted by molar-refractivity contribution is 0.231. The summed E-state index contributed by atoms with van der Waals surface area (Å²) < 4.78 is 1.63. The molecule has 0 atom stereocenters. The van der Waals surface area contributed by atoms with Gasteiger partial charge in [-0.05, 0) is 68.3 Å². The predicted octanol–water partition coefficient (Wildman–Crippen LogP) is 1.88. The molecule has 1 aromatic carbocycles. The van der Waals surface area contributed by atoms with Gasteiger partial charge in [0.1, 0.15) is 0 Å². The third kappa shape index (κ3) is 4.03. The second kappa shape index (κ2) is 6.13. The molecule has 2 N–H and O–H groups in total. The van der Waals surface area contributed by atoms with E-state index in [2.05, 4.69) is 33.1 Å². The Bertz CT molecular complexity index is 671. The zero-order valence-electron chi connectivity index (χ0n) is 13.6. The Morgan fingerprint density at radius 1 is 1.23 bits per heavy atom. The van der Waals surface area contributed by atoms with Gasteiger partial charge in [0.15, 0.2) is 5.82 Å². The van der Waals surface area contributed by atoms with E-state index in [1.165, 1.54) is 5.56 Å². The van der Waals surface area contributed by atoms with Crippen molar-refractivity contribution in [3.63, 3.8) is 0 Å². The summed E-state index contributed by atoms with van der Waals surface area (Å²) in [6, 6.07) is 5.75. The molecule has 1 aromatic heterocycles. The Morgan fingerprint density at radius 3 is 2.59 bits per heavy atom. The Balaban J connectivity index is 2.10. The molecule has 118 valence electrons. The van der Waals surface area contributed by atoms with Crippen molar-refractivity contribution >= 4 is 6.03 Å². The van der Waals surface area contributed by atoms with Crippen LogP contribution in [0.2, 0.25) is 0 Å². The fourth-order valence-electron chi connectivity index (χ4n) is 1.92. The molecule has 2 amide bonds. The van der Waals surface area contributed by atoms with E-state index in [9.17, 15) is 4.79 Å². The highest BCUT2D eigenvalue weighted by Gasteiger charge is 2.15. The van der Waals surface area contributed by atoms with Crippen molar-refractivity contribution in [1.29, 1.82) is 0 Å². The van der Waals surface area contributed by atoms with E-state index in [-0.39, 0.29) is 18.1 Å². The summed E-state index contributed by atoms with van der Waals surface area (Å²) in [4.78, 5) is 11.8. The van der Waals surface area contributed by atoms with Gasteiger partial charge < -0.3 is 10.6 Å². The van der Waals surface area contributed by atoms with Gasteiger partial charge in [0.25, 0.3) is 0 Å². The van der Waals surface area contributed by atoms with Gasteiger partial charge in [-0.3, -0.25) is 0 Å². The topological polar surface area (TPSA) is 84.7 Å². The molecule has 0 unspecified atom stereocenters. The Labute approximate surface area is 130 Å². The Hall–Kier alpha value is -2.44. The maximum atomic E-state index is 11.8. The van der Waals surface area contributed by atoms with Crippen molar-refractivity contribution in [2.45, 2.75) is 46.7 Å². The molecule has 7 heteroatoms. The van der Waals surface area contributed by atoms with E-state index in [0.717, 1.165) is 11.3 Å². The van der Waals surface area contributed by atoms with Gasteiger partial charge in [-0.2, -0.15) is 4.68 Å². The van der Waals surface area contributed by atoms with Gasteiger partial charge in [0, 0.05) is 5.54 Å². The van der Waals surface area contributed by atoms with Crippen molar-refractivity contribution in [2.75, 3.05) is 0 Å². The monoisotopic (exact) mass is 302 g/mol. The van der Waals surface area contributed by atoms with Crippen LogP contribution in [-0.4, -0.2) is 31.8 Å². The summed E-state index contributed by atoms with van der Waals surface area (Å²) >= 11 is 0. The maximum absolute atomic E-state index is 11.8. The first-order valence-electron chi connectivity index (χ1n) is 7.17. The minimum Gasteiger partial charge on any atom is -0.334 e. The number of rotatable bonds is 3. The van der Waals surface area contributed by atoms with Crippen LogP contribution in [0, 0.1) is 13.8 Å². The lowest BCUT2D eigenvalue weighted by Gasteiger charge is -2.20. The minimum atomic E-state index is -0.288. The summed E-state index contributed by atoms with van der Waals surface area (Å²) in [6.07, 6.45) is 0. The molecule has 0 spiro atoms. The number of nitrogens with one attached hydrogen (secondary N) is 2. The molecule has 1 heterocycles. The summed E-state index contributed by atoms with van der Waals surface area (Å²) in [6.45, 7) is 10.1. The molecule has 0 saturated heterocycles. The standard InChI is InChI=1S/C15H22N6O/c1-10-6-7-12(8-11(10)2)21-13(18-19-20-21)9-16-14(22)17-15(3,4)5/h6-8H,9H2,1-5H3,(H2,16,17,22). The molecule has 2 aromatic rings. The lowest BCUT2D eigenvalue weighted by atomic mass is 10.1. The second-order valence-corrected chi connectivity index (χ2v) is 6.33. The number of nitrogens with zero attached hydrogens (tertiary/aromatic N) is 4. The number of aromatic nitrogens is 4. The van der Waals surface area contributed by atoms with Crippen molar-refractivity contribution in [2.24, 2.45) is 0 Å². The largest absolute Gasteiger partial charge is 0.334 e. The minimum absolute atomic E-state index is 0.248. The van der Waals surface area contributed by atoms with E-state index in [0.29, 0.717) is 5.82 Å². The van der Waals surface area contributed by atoms with Crippen LogP contribution in [0.15, 0.2) is 18.2 Å². The summed E-state index contributed by atoms with van der Waals surface area (Å²) in [5, 5.41) is 17.3. The molecule has 0 aliphatic heterocycles. The Kier molecular flexibility index (Phi) is 4.44. The third-order valence-corrected chi connectivity index (χ3v) is 3.16. The number of hydrogen-bond acceptors (Lipinski definition) is 4. The van der Waals surface area contributed by atoms with E-state index in [1.54, 1.807) is 4.68 Å². The molecular weight excluding hydrogens is 280 g/mol. The molecule has 0 radical (unpaired) electrons. The molecule has 7 nitrogen and oxygen atoms in total. The van der Waals surface area contributed by atoms with Crippen molar-refractivity contribution in [3.05, 3.63) is 35.2 Å². The number of tetrazole rings is 1. The van der Waals surface area contributed by atoms with Crippen LogP contribution >= 0.6 is 0 Å². The lowest BCUT2D eigenvalue weighted by Crippen LogP contribution is -2.46. The normalized spacial score (nSPS) is 11.3. The van der Waals surface area contributed by atoms with E-state index in [1.807, 2.05) is 45.9 Å². The molecule has 0 aliphatic carbocycles. The van der Waals surface area contributed by atoms with E-state index < -0.39 is 0 Å². The van der Waals surface area contributed by atoms with E-state index in [4.69, 9.17) is 0 Å². The van der Waals surface area contributed by atoms with Gasteiger partial charge in [-0.25, -0.2) is 4.79 Å². The highest BCUT2D eigenvalue weighted by Crippen LogP contribution is 2.14. The van der Waals surface area contributed by atoms with Crippen LogP contribution in [0.4, 0.5) is 4.79 Å². The van der Waals surface area contributed by atoms with Gasteiger partial charge in [-0.1, -0.05) is 6.07 Å². The van der Waals surface area contributed by atoms with Crippen LogP contribution in [0.25, 0.3) is 5.69 Å². The van der Waals surface area contributed by atoms with Crippen LogP contribution in [-0.2, 0) is 6.54 Å². The maximum Gasteiger partial charge on any atom is 0.315 e. The van der Waals surface area contributed by atoms with Crippen LogP contribution in [0.5, 0.6) is 0 Å². The molecule has 22 heavy (non-hydrogen) atoms. The molecule has 0 saturated carbocycles.